The molecule has 0 aromatic heterocycles. The summed E-state index contributed by atoms with van der Waals surface area (Å²) in [5, 5.41) is 10.4. The van der Waals surface area contributed by atoms with E-state index in [1.165, 1.54) is 0 Å². The average molecular weight is 206 g/mol. The molecule has 0 unspecified atom stereocenters. The molecule has 1 aromatic carbocycles. The molecule has 1 saturated heterocycles. The lowest BCUT2D eigenvalue weighted by Gasteiger charge is -2.32. The van der Waals surface area contributed by atoms with Gasteiger partial charge in [0.25, 0.3) is 0 Å². The van der Waals surface area contributed by atoms with E-state index in [4.69, 9.17) is 4.74 Å². The van der Waals surface area contributed by atoms with Crippen LogP contribution in [-0.4, -0.2) is 24.6 Å². The highest BCUT2D eigenvalue weighted by Gasteiger charge is 2.31. The van der Waals surface area contributed by atoms with Crippen molar-refractivity contribution in [3.05, 3.63) is 35.4 Å². The maximum atomic E-state index is 10.6. The molecule has 1 aliphatic heterocycles. The van der Waals surface area contributed by atoms with Crippen LogP contribution < -0.4 is 0 Å². The number of hydrogen-bond donors (Lipinski definition) is 1. The van der Waals surface area contributed by atoms with Crippen LogP contribution in [0.4, 0.5) is 0 Å². The Kier molecular flexibility index (Phi) is 2.84. The standard InChI is InChI=1S/C12H14O3/c13-9-10-2-1-3-11(8-10)12(14)4-6-15-7-5-12/h1-3,8-9,14H,4-7H2. The number of benzene rings is 1. The fourth-order valence-electron chi connectivity index (χ4n) is 1.90. The monoisotopic (exact) mass is 206 g/mol. The van der Waals surface area contributed by atoms with Gasteiger partial charge in [-0.2, -0.15) is 0 Å². The molecule has 0 amide bonds. The van der Waals surface area contributed by atoms with Crippen LogP contribution in [0.2, 0.25) is 0 Å². The van der Waals surface area contributed by atoms with Crippen LogP contribution in [-0.2, 0) is 10.3 Å². The van der Waals surface area contributed by atoms with Crippen molar-refractivity contribution >= 4 is 6.29 Å². The Bertz CT molecular complexity index is 354. The molecule has 0 spiro atoms. The molecule has 0 aliphatic carbocycles. The summed E-state index contributed by atoms with van der Waals surface area (Å²) in [7, 11) is 0. The van der Waals surface area contributed by atoms with Gasteiger partial charge in [0.2, 0.25) is 0 Å². The summed E-state index contributed by atoms with van der Waals surface area (Å²) in [5.74, 6) is 0. The molecule has 0 atom stereocenters. The molecule has 3 nitrogen and oxygen atoms in total. The molecular formula is C12H14O3. The van der Waals surface area contributed by atoms with Gasteiger partial charge in [0.15, 0.2) is 0 Å². The molecule has 1 N–H and O–H groups in total. The van der Waals surface area contributed by atoms with E-state index in [2.05, 4.69) is 0 Å². The predicted molar refractivity (Wildman–Crippen MR) is 55.8 cm³/mol. The van der Waals surface area contributed by atoms with E-state index in [9.17, 15) is 9.90 Å². The molecule has 80 valence electrons. The summed E-state index contributed by atoms with van der Waals surface area (Å²) in [4.78, 5) is 10.6. The highest BCUT2D eigenvalue weighted by molar-refractivity contribution is 5.75. The van der Waals surface area contributed by atoms with Gasteiger partial charge in [0.05, 0.1) is 5.60 Å². The van der Waals surface area contributed by atoms with Gasteiger partial charge in [-0.25, -0.2) is 0 Å². The highest BCUT2D eigenvalue weighted by atomic mass is 16.5. The molecule has 15 heavy (non-hydrogen) atoms. The van der Waals surface area contributed by atoms with Crippen molar-refractivity contribution < 1.29 is 14.6 Å². The second kappa shape index (κ2) is 4.13. The lowest BCUT2D eigenvalue weighted by molar-refractivity contribution is -0.0679. The molecule has 0 radical (unpaired) electrons. The molecule has 1 fully saturated rings. The number of aldehydes is 1. The molecule has 2 rings (SSSR count). The van der Waals surface area contributed by atoms with E-state index in [0.717, 1.165) is 11.8 Å². The van der Waals surface area contributed by atoms with Crippen molar-refractivity contribution in [3.63, 3.8) is 0 Å². The molecule has 1 aliphatic rings. The summed E-state index contributed by atoms with van der Waals surface area (Å²) < 4.78 is 5.21. The zero-order valence-electron chi connectivity index (χ0n) is 8.48. The highest BCUT2D eigenvalue weighted by Crippen LogP contribution is 2.31. The van der Waals surface area contributed by atoms with Gasteiger partial charge >= 0.3 is 0 Å². The lowest BCUT2D eigenvalue weighted by Crippen LogP contribution is -2.33. The molecule has 1 heterocycles. The van der Waals surface area contributed by atoms with E-state index in [-0.39, 0.29) is 0 Å². The lowest BCUT2D eigenvalue weighted by atomic mass is 9.86. The van der Waals surface area contributed by atoms with Crippen LogP contribution in [0.25, 0.3) is 0 Å². The first-order valence-corrected chi connectivity index (χ1v) is 5.10. The van der Waals surface area contributed by atoms with Gasteiger partial charge in [-0.1, -0.05) is 18.2 Å². The van der Waals surface area contributed by atoms with Crippen LogP contribution in [0, 0.1) is 0 Å². The normalized spacial score (nSPS) is 19.8. The summed E-state index contributed by atoms with van der Waals surface area (Å²) in [6.45, 7) is 1.14. The topological polar surface area (TPSA) is 46.5 Å². The fraction of sp³-hybridized carbons (Fsp3) is 0.417. The number of carbonyl (C=O) groups excluding carboxylic acids is 1. The van der Waals surface area contributed by atoms with Crippen molar-refractivity contribution in [2.45, 2.75) is 18.4 Å². The number of hydrogen-bond acceptors (Lipinski definition) is 3. The molecule has 1 aromatic rings. The smallest absolute Gasteiger partial charge is 0.150 e. The Morgan fingerprint density at radius 1 is 1.33 bits per heavy atom. The van der Waals surface area contributed by atoms with Gasteiger partial charge in [-0.05, 0) is 11.6 Å². The van der Waals surface area contributed by atoms with Crippen molar-refractivity contribution in [3.8, 4) is 0 Å². The van der Waals surface area contributed by atoms with E-state index < -0.39 is 5.60 Å². The third kappa shape index (κ3) is 2.08. The zero-order valence-corrected chi connectivity index (χ0v) is 8.48. The zero-order chi connectivity index (χ0) is 10.7. The quantitative estimate of drug-likeness (QED) is 0.746. The van der Waals surface area contributed by atoms with Gasteiger partial charge in [0, 0.05) is 31.6 Å². The molecule has 3 heteroatoms. The van der Waals surface area contributed by atoms with Gasteiger partial charge in [-0.3, -0.25) is 4.79 Å². The largest absolute Gasteiger partial charge is 0.385 e. The first kappa shape index (κ1) is 10.3. The van der Waals surface area contributed by atoms with Crippen LogP contribution in [0.1, 0.15) is 28.8 Å². The van der Waals surface area contributed by atoms with E-state index in [1.54, 1.807) is 18.2 Å². The van der Waals surface area contributed by atoms with Crippen LogP contribution >= 0.6 is 0 Å². The first-order chi connectivity index (χ1) is 7.24. The summed E-state index contributed by atoms with van der Waals surface area (Å²) >= 11 is 0. The maximum absolute atomic E-state index is 10.6. The van der Waals surface area contributed by atoms with Crippen LogP contribution in [0.5, 0.6) is 0 Å². The number of ether oxygens (including phenoxy) is 1. The summed E-state index contributed by atoms with van der Waals surface area (Å²) in [6.07, 6.45) is 1.98. The van der Waals surface area contributed by atoms with E-state index in [0.29, 0.717) is 31.6 Å². The van der Waals surface area contributed by atoms with Crippen molar-refractivity contribution in [2.75, 3.05) is 13.2 Å². The van der Waals surface area contributed by atoms with E-state index in [1.807, 2.05) is 6.07 Å². The molecule has 0 bridgehead atoms. The van der Waals surface area contributed by atoms with Gasteiger partial charge < -0.3 is 9.84 Å². The SMILES string of the molecule is O=Cc1cccc(C2(O)CCOCC2)c1. The Labute approximate surface area is 88.7 Å². The van der Waals surface area contributed by atoms with Crippen LogP contribution in [0.15, 0.2) is 24.3 Å². The van der Waals surface area contributed by atoms with Crippen molar-refractivity contribution in [2.24, 2.45) is 0 Å². The maximum Gasteiger partial charge on any atom is 0.150 e. The fourth-order valence-corrected chi connectivity index (χ4v) is 1.90. The first-order valence-electron chi connectivity index (χ1n) is 5.10. The summed E-state index contributed by atoms with van der Waals surface area (Å²) in [5.41, 5.74) is 0.597. The Balaban J connectivity index is 2.30. The average Bonchev–Trinajstić information content (AvgIpc) is 2.30. The van der Waals surface area contributed by atoms with Crippen molar-refractivity contribution in [1.29, 1.82) is 0 Å². The number of rotatable bonds is 2. The number of carbonyl (C=O) groups is 1. The van der Waals surface area contributed by atoms with Gasteiger partial charge in [-0.15, -0.1) is 0 Å². The Morgan fingerprint density at radius 2 is 2.07 bits per heavy atom. The number of aliphatic hydroxyl groups is 1. The minimum absolute atomic E-state index is 0.571. The molecular weight excluding hydrogens is 192 g/mol. The third-order valence-electron chi connectivity index (χ3n) is 2.88. The van der Waals surface area contributed by atoms with Crippen LogP contribution in [0.3, 0.4) is 0 Å². The van der Waals surface area contributed by atoms with E-state index >= 15 is 0 Å². The minimum Gasteiger partial charge on any atom is -0.385 e. The summed E-state index contributed by atoms with van der Waals surface area (Å²) in [6, 6.07) is 7.14. The second-order valence-corrected chi connectivity index (χ2v) is 3.89. The third-order valence-corrected chi connectivity index (χ3v) is 2.88. The second-order valence-electron chi connectivity index (χ2n) is 3.89. The predicted octanol–water partition coefficient (Wildman–Crippen LogP) is 1.50. The van der Waals surface area contributed by atoms with Crippen molar-refractivity contribution in [1.82, 2.24) is 0 Å². The Hall–Kier alpha value is -1.19. The molecule has 0 saturated carbocycles. The minimum atomic E-state index is -0.822. The Morgan fingerprint density at radius 3 is 2.73 bits per heavy atom. The van der Waals surface area contributed by atoms with Gasteiger partial charge in [0.1, 0.15) is 6.29 Å².